The van der Waals surface area contributed by atoms with E-state index in [2.05, 4.69) is 31.4 Å². The van der Waals surface area contributed by atoms with E-state index in [1.54, 1.807) is 0 Å². The second-order valence-corrected chi connectivity index (χ2v) is 5.72. The fourth-order valence-electron chi connectivity index (χ4n) is 1.81. The molecule has 4 heteroatoms. The minimum absolute atomic E-state index is 0.0832. The third kappa shape index (κ3) is 6.51. The SMILES string of the molecule is CC[C@H](NC)[C@@H](NC(=O)OC(C)(C)C)C(C)C. The average molecular weight is 244 g/mol. The molecule has 102 valence electrons. The Balaban J connectivity index is 4.50. The third-order valence-electron chi connectivity index (χ3n) is 2.65. The van der Waals surface area contributed by atoms with E-state index in [9.17, 15) is 4.79 Å². The molecular formula is C13H28N2O2. The molecule has 2 N–H and O–H groups in total. The number of amides is 1. The van der Waals surface area contributed by atoms with E-state index >= 15 is 0 Å². The molecule has 0 aliphatic heterocycles. The fourth-order valence-corrected chi connectivity index (χ4v) is 1.81. The van der Waals surface area contributed by atoms with Gasteiger partial charge in [0.25, 0.3) is 0 Å². The molecule has 0 aliphatic carbocycles. The van der Waals surface area contributed by atoms with Crippen LogP contribution in [0.25, 0.3) is 0 Å². The zero-order valence-corrected chi connectivity index (χ0v) is 12.3. The van der Waals surface area contributed by atoms with Crippen molar-refractivity contribution in [3.8, 4) is 0 Å². The van der Waals surface area contributed by atoms with Crippen LogP contribution < -0.4 is 10.6 Å². The molecule has 2 atom stereocenters. The molecule has 17 heavy (non-hydrogen) atoms. The number of alkyl carbamates (subject to hydrolysis) is 1. The van der Waals surface area contributed by atoms with Gasteiger partial charge in [-0.3, -0.25) is 0 Å². The summed E-state index contributed by atoms with van der Waals surface area (Å²) in [6.07, 6.45) is 0.625. The summed E-state index contributed by atoms with van der Waals surface area (Å²) in [5.74, 6) is 0.361. The van der Waals surface area contributed by atoms with Gasteiger partial charge in [-0.25, -0.2) is 4.79 Å². The molecule has 0 rings (SSSR count). The highest BCUT2D eigenvalue weighted by molar-refractivity contribution is 5.68. The number of hydrogen-bond donors (Lipinski definition) is 2. The van der Waals surface area contributed by atoms with Crippen LogP contribution in [0.5, 0.6) is 0 Å². The summed E-state index contributed by atoms with van der Waals surface area (Å²) in [5.41, 5.74) is -0.451. The number of ether oxygens (including phenoxy) is 1. The lowest BCUT2D eigenvalue weighted by Gasteiger charge is -2.31. The highest BCUT2D eigenvalue weighted by Crippen LogP contribution is 2.12. The van der Waals surface area contributed by atoms with Gasteiger partial charge in [0, 0.05) is 12.1 Å². The standard InChI is InChI=1S/C13H28N2O2/c1-8-10(14-7)11(9(2)3)15-12(16)17-13(4,5)6/h9-11,14H,8H2,1-7H3,(H,15,16)/t10-,11-/m0/s1. The van der Waals surface area contributed by atoms with Crippen molar-refractivity contribution in [3.05, 3.63) is 0 Å². The van der Waals surface area contributed by atoms with Crippen LogP contribution in [0.1, 0.15) is 48.0 Å². The van der Waals surface area contributed by atoms with Gasteiger partial charge < -0.3 is 15.4 Å². The first-order valence-electron chi connectivity index (χ1n) is 6.38. The molecule has 0 saturated carbocycles. The highest BCUT2D eigenvalue weighted by atomic mass is 16.6. The Kier molecular flexibility index (Phi) is 6.53. The summed E-state index contributed by atoms with van der Waals surface area (Å²) in [4.78, 5) is 11.7. The molecule has 0 spiro atoms. The summed E-state index contributed by atoms with van der Waals surface area (Å²) < 4.78 is 5.28. The third-order valence-corrected chi connectivity index (χ3v) is 2.65. The predicted octanol–water partition coefficient (Wildman–Crippen LogP) is 2.53. The predicted molar refractivity (Wildman–Crippen MR) is 71.1 cm³/mol. The van der Waals surface area contributed by atoms with Crippen LogP contribution in [0, 0.1) is 5.92 Å². The van der Waals surface area contributed by atoms with Gasteiger partial charge in [0.1, 0.15) is 5.60 Å². The number of rotatable bonds is 5. The Morgan fingerprint density at radius 3 is 2.12 bits per heavy atom. The van der Waals surface area contributed by atoms with E-state index in [-0.39, 0.29) is 18.2 Å². The monoisotopic (exact) mass is 244 g/mol. The Bertz CT molecular complexity index is 230. The van der Waals surface area contributed by atoms with Crippen LogP contribution in [0.4, 0.5) is 4.79 Å². The Labute approximate surface area is 105 Å². The van der Waals surface area contributed by atoms with Crippen molar-refractivity contribution >= 4 is 6.09 Å². The van der Waals surface area contributed by atoms with Crippen molar-refractivity contribution in [1.82, 2.24) is 10.6 Å². The molecule has 0 aliphatic rings. The maximum atomic E-state index is 11.7. The van der Waals surface area contributed by atoms with Crippen LogP contribution >= 0.6 is 0 Å². The van der Waals surface area contributed by atoms with Gasteiger partial charge in [-0.15, -0.1) is 0 Å². The molecular weight excluding hydrogens is 216 g/mol. The molecule has 0 aromatic heterocycles. The fraction of sp³-hybridized carbons (Fsp3) is 0.923. The summed E-state index contributed by atoms with van der Waals surface area (Å²) >= 11 is 0. The minimum Gasteiger partial charge on any atom is -0.444 e. The molecule has 0 aromatic carbocycles. The number of likely N-dealkylation sites (N-methyl/N-ethyl adjacent to an activating group) is 1. The van der Waals surface area contributed by atoms with E-state index in [0.29, 0.717) is 5.92 Å². The van der Waals surface area contributed by atoms with E-state index in [4.69, 9.17) is 4.74 Å². The lowest BCUT2D eigenvalue weighted by Crippen LogP contribution is -2.52. The Morgan fingerprint density at radius 2 is 1.82 bits per heavy atom. The lowest BCUT2D eigenvalue weighted by molar-refractivity contribution is 0.0475. The second kappa shape index (κ2) is 6.84. The molecule has 0 unspecified atom stereocenters. The average Bonchev–Trinajstić information content (AvgIpc) is 2.14. The summed E-state index contributed by atoms with van der Waals surface area (Å²) in [7, 11) is 1.92. The number of hydrogen-bond acceptors (Lipinski definition) is 3. The maximum absolute atomic E-state index is 11.7. The molecule has 0 fully saturated rings. The first-order valence-corrected chi connectivity index (χ1v) is 6.38. The van der Waals surface area contributed by atoms with E-state index in [1.807, 2.05) is 27.8 Å². The van der Waals surface area contributed by atoms with Crippen molar-refractivity contribution in [3.63, 3.8) is 0 Å². The maximum Gasteiger partial charge on any atom is 0.407 e. The van der Waals surface area contributed by atoms with Gasteiger partial charge in [-0.2, -0.15) is 0 Å². The van der Waals surface area contributed by atoms with Gasteiger partial charge in [0.2, 0.25) is 0 Å². The van der Waals surface area contributed by atoms with Crippen molar-refractivity contribution in [1.29, 1.82) is 0 Å². The van der Waals surface area contributed by atoms with Crippen molar-refractivity contribution in [2.45, 2.75) is 65.6 Å². The lowest BCUT2D eigenvalue weighted by atomic mass is 9.95. The van der Waals surface area contributed by atoms with Gasteiger partial charge in [0.05, 0.1) is 0 Å². The topological polar surface area (TPSA) is 50.4 Å². The van der Waals surface area contributed by atoms with E-state index in [0.717, 1.165) is 6.42 Å². The van der Waals surface area contributed by atoms with Crippen LogP contribution in [0.2, 0.25) is 0 Å². The first kappa shape index (κ1) is 16.2. The normalized spacial score (nSPS) is 15.5. The zero-order chi connectivity index (χ0) is 13.6. The summed E-state index contributed by atoms with van der Waals surface area (Å²) in [5, 5.41) is 6.18. The summed E-state index contributed by atoms with van der Waals surface area (Å²) in [6.45, 7) is 11.9. The van der Waals surface area contributed by atoms with Crippen molar-refractivity contribution in [2.75, 3.05) is 7.05 Å². The van der Waals surface area contributed by atoms with E-state index < -0.39 is 5.60 Å². The molecule has 0 bridgehead atoms. The quantitative estimate of drug-likeness (QED) is 0.781. The zero-order valence-electron chi connectivity index (χ0n) is 12.3. The number of carbonyl (C=O) groups is 1. The van der Waals surface area contributed by atoms with Crippen molar-refractivity contribution < 1.29 is 9.53 Å². The molecule has 1 amide bonds. The molecule has 0 heterocycles. The Hall–Kier alpha value is -0.770. The smallest absolute Gasteiger partial charge is 0.407 e. The minimum atomic E-state index is -0.451. The van der Waals surface area contributed by atoms with Crippen LogP contribution in [-0.2, 0) is 4.74 Å². The van der Waals surface area contributed by atoms with Gasteiger partial charge in [0.15, 0.2) is 0 Å². The molecule has 0 saturated heterocycles. The number of carbonyl (C=O) groups excluding carboxylic acids is 1. The highest BCUT2D eigenvalue weighted by Gasteiger charge is 2.26. The van der Waals surface area contributed by atoms with E-state index in [1.165, 1.54) is 0 Å². The van der Waals surface area contributed by atoms with Crippen LogP contribution in [0.3, 0.4) is 0 Å². The first-order chi connectivity index (χ1) is 7.71. The van der Waals surface area contributed by atoms with Crippen LogP contribution in [0.15, 0.2) is 0 Å². The molecule has 4 nitrogen and oxygen atoms in total. The number of nitrogens with one attached hydrogen (secondary N) is 2. The molecule has 0 radical (unpaired) electrons. The summed E-state index contributed by atoms with van der Waals surface area (Å²) in [6, 6.07) is 0.349. The second-order valence-electron chi connectivity index (χ2n) is 5.72. The van der Waals surface area contributed by atoms with Gasteiger partial charge in [-0.05, 0) is 40.2 Å². The Morgan fingerprint density at radius 1 is 1.29 bits per heavy atom. The van der Waals surface area contributed by atoms with Gasteiger partial charge >= 0.3 is 6.09 Å². The molecule has 0 aromatic rings. The largest absolute Gasteiger partial charge is 0.444 e. The van der Waals surface area contributed by atoms with Crippen LogP contribution in [-0.4, -0.2) is 30.8 Å². The van der Waals surface area contributed by atoms with Gasteiger partial charge in [-0.1, -0.05) is 20.8 Å². The van der Waals surface area contributed by atoms with Crippen molar-refractivity contribution in [2.24, 2.45) is 5.92 Å².